The molecule has 0 aliphatic rings. The molecule has 1 aromatic heterocycles. The van der Waals surface area contributed by atoms with Crippen molar-refractivity contribution < 1.29 is 4.74 Å². The minimum absolute atomic E-state index is 0.319. The number of hydrogen-bond donors (Lipinski definition) is 0. The largest absolute Gasteiger partial charge is 0.361 e. The smallest absolute Gasteiger partial charge is 0.205 e. The third kappa shape index (κ3) is 1.77. The Labute approximate surface area is 81.3 Å². The maximum atomic E-state index is 4.88. The lowest BCUT2D eigenvalue weighted by molar-refractivity contribution is 0.107. The monoisotopic (exact) mass is 190 g/mol. The fraction of sp³-hybridized carbons (Fsp3) is 0.222. The van der Waals surface area contributed by atoms with Crippen molar-refractivity contribution in [1.29, 1.82) is 0 Å². The number of ether oxygens (including phenoxy) is 1. The number of hydrogen-bond acceptors (Lipinski definition) is 4. The van der Waals surface area contributed by atoms with Crippen LogP contribution in [0, 0.1) is 0 Å². The van der Waals surface area contributed by atoms with Crippen LogP contribution >= 0.6 is 0 Å². The molecule has 0 radical (unpaired) electrons. The van der Waals surface area contributed by atoms with E-state index in [1.165, 1.54) is 4.80 Å². The summed E-state index contributed by atoms with van der Waals surface area (Å²) < 4.78 is 4.88. The van der Waals surface area contributed by atoms with Crippen LogP contribution < -0.4 is 0 Å². The molecule has 2 aromatic rings. The van der Waals surface area contributed by atoms with Crippen LogP contribution in [0.25, 0.3) is 11.4 Å². The molecule has 0 atom stereocenters. The van der Waals surface area contributed by atoms with Crippen molar-refractivity contribution in [2.45, 2.75) is 6.73 Å². The van der Waals surface area contributed by atoms with Crippen LogP contribution in [0.2, 0.25) is 0 Å². The highest BCUT2D eigenvalue weighted by molar-refractivity contribution is 5.52. The summed E-state index contributed by atoms with van der Waals surface area (Å²) in [6.45, 7) is 0.319. The zero-order valence-corrected chi connectivity index (χ0v) is 7.79. The number of methoxy groups -OCH3 is 1. The Bertz CT molecular complexity index is 398. The molecule has 0 saturated carbocycles. The molecule has 5 heteroatoms. The molecule has 2 rings (SSSR count). The summed E-state index contributed by atoms with van der Waals surface area (Å²) in [4.78, 5) is 1.41. The van der Waals surface area contributed by atoms with Gasteiger partial charge in [0.05, 0.1) is 0 Å². The van der Waals surface area contributed by atoms with E-state index in [0.29, 0.717) is 12.6 Å². The molecule has 14 heavy (non-hydrogen) atoms. The van der Waals surface area contributed by atoms with Gasteiger partial charge in [-0.2, -0.15) is 0 Å². The molecular weight excluding hydrogens is 180 g/mol. The highest BCUT2D eigenvalue weighted by Crippen LogP contribution is 2.11. The van der Waals surface area contributed by atoms with Gasteiger partial charge in [0.15, 0.2) is 6.73 Å². The molecule has 0 bridgehead atoms. The van der Waals surface area contributed by atoms with E-state index in [1.54, 1.807) is 7.11 Å². The first-order valence-electron chi connectivity index (χ1n) is 4.22. The number of nitrogens with zero attached hydrogens (tertiary/aromatic N) is 4. The summed E-state index contributed by atoms with van der Waals surface area (Å²) in [5.74, 6) is 0.614. The maximum absolute atomic E-state index is 4.88. The molecule has 0 amide bonds. The molecule has 1 aromatic carbocycles. The second-order valence-corrected chi connectivity index (χ2v) is 2.77. The predicted molar refractivity (Wildman–Crippen MR) is 50.3 cm³/mol. The van der Waals surface area contributed by atoms with E-state index >= 15 is 0 Å². The number of benzene rings is 1. The first kappa shape index (κ1) is 8.83. The highest BCUT2D eigenvalue weighted by atomic mass is 16.5. The van der Waals surface area contributed by atoms with Crippen molar-refractivity contribution in [3.8, 4) is 11.4 Å². The Hall–Kier alpha value is -1.75. The Balaban J connectivity index is 2.25. The zero-order chi connectivity index (χ0) is 9.80. The van der Waals surface area contributed by atoms with Crippen LogP contribution in [0.3, 0.4) is 0 Å². The Morgan fingerprint density at radius 1 is 1.29 bits per heavy atom. The van der Waals surface area contributed by atoms with Crippen molar-refractivity contribution in [3.05, 3.63) is 30.3 Å². The summed E-state index contributed by atoms with van der Waals surface area (Å²) in [6.07, 6.45) is 0. The van der Waals surface area contributed by atoms with Gasteiger partial charge in [0, 0.05) is 12.7 Å². The van der Waals surface area contributed by atoms with Crippen molar-refractivity contribution >= 4 is 0 Å². The molecule has 1 heterocycles. The second kappa shape index (κ2) is 3.97. The standard InChI is InChI=1S/C9H10N4O/c1-14-7-13-11-9(10-12-13)8-5-3-2-4-6-8/h2-6H,7H2,1H3. The van der Waals surface area contributed by atoms with Gasteiger partial charge in [0.2, 0.25) is 5.82 Å². The molecule has 0 fully saturated rings. The van der Waals surface area contributed by atoms with E-state index in [-0.39, 0.29) is 0 Å². The molecule has 0 aliphatic carbocycles. The molecule has 0 aliphatic heterocycles. The van der Waals surface area contributed by atoms with E-state index in [9.17, 15) is 0 Å². The van der Waals surface area contributed by atoms with Crippen LogP contribution in [-0.4, -0.2) is 27.3 Å². The van der Waals surface area contributed by atoms with E-state index in [1.807, 2.05) is 30.3 Å². The highest BCUT2D eigenvalue weighted by Gasteiger charge is 2.03. The van der Waals surface area contributed by atoms with E-state index in [2.05, 4.69) is 15.4 Å². The fourth-order valence-corrected chi connectivity index (χ4v) is 1.12. The quantitative estimate of drug-likeness (QED) is 0.722. The number of rotatable bonds is 3. The zero-order valence-electron chi connectivity index (χ0n) is 7.79. The number of aromatic nitrogens is 4. The molecular formula is C9H10N4O. The van der Waals surface area contributed by atoms with Gasteiger partial charge >= 0.3 is 0 Å². The lowest BCUT2D eigenvalue weighted by Crippen LogP contribution is -2.03. The SMILES string of the molecule is COCn1nnc(-c2ccccc2)n1. The number of tetrazole rings is 1. The third-order valence-corrected chi connectivity index (χ3v) is 1.73. The molecule has 72 valence electrons. The average molecular weight is 190 g/mol. The summed E-state index contributed by atoms with van der Waals surface area (Å²) in [6, 6.07) is 9.70. The Kier molecular flexibility index (Phi) is 2.51. The van der Waals surface area contributed by atoms with Crippen molar-refractivity contribution in [1.82, 2.24) is 20.2 Å². The summed E-state index contributed by atoms with van der Waals surface area (Å²) >= 11 is 0. The minimum Gasteiger partial charge on any atom is -0.361 e. The van der Waals surface area contributed by atoms with Crippen LogP contribution in [0.15, 0.2) is 30.3 Å². The van der Waals surface area contributed by atoms with Crippen molar-refractivity contribution in [3.63, 3.8) is 0 Å². The minimum atomic E-state index is 0.319. The molecule has 0 N–H and O–H groups in total. The predicted octanol–water partition coefficient (Wildman–Crippen LogP) is 0.944. The summed E-state index contributed by atoms with van der Waals surface area (Å²) in [5.41, 5.74) is 0.954. The van der Waals surface area contributed by atoms with Gasteiger partial charge in [-0.25, -0.2) is 0 Å². The average Bonchev–Trinajstić information content (AvgIpc) is 2.68. The van der Waals surface area contributed by atoms with Gasteiger partial charge in [-0.1, -0.05) is 30.3 Å². The van der Waals surface area contributed by atoms with Gasteiger partial charge < -0.3 is 4.74 Å². The Morgan fingerprint density at radius 3 is 2.79 bits per heavy atom. The lowest BCUT2D eigenvalue weighted by Gasteiger charge is -1.93. The molecule has 5 nitrogen and oxygen atoms in total. The van der Waals surface area contributed by atoms with E-state index in [4.69, 9.17) is 4.74 Å². The third-order valence-electron chi connectivity index (χ3n) is 1.73. The normalized spacial score (nSPS) is 10.4. The second-order valence-electron chi connectivity index (χ2n) is 2.77. The Morgan fingerprint density at radius 2 is 2.07 bits per heavy atom. The van der Waals surface area contributed by atoms with Crippen LogP contribution in [0.1, 0.15) is 0 Å². The summed E-state index contributed by atoms with van der Waals surface area (Å²) in [7, 11) is 1.59. The topological polar surface area (TPSA) is 52.8 Å². The van der Waals surface area contributed by atoms with Crippen molar-refractivity contribution in [2.75, 3.05) is 7.11 Å². The van der Waals surface area contributed by atoms with Crippen LogP contribution in [0.4, 0.5) is 0 Å². The van der Waals surface area contributed by atoms with E-state index in [0.717, 1.165) is 5.56 Å². The van der Waals surface area contributed by atoms with Gasteiger partial charge in [0.25, 0.3) is 0 Å². The van der Waals surface area contributed by atoms with Gasteiger partial charge in [0.1, 0.15) is 0 Å². The van der Waals surface area contributed by atoms with Crippen LogP contribution in [-0.2, 0) is 11.5 Å². The van der Waals surface area contributed by atoms with Gasteiger partial charge in [-0.3, -0.25) is 0 Å². The van der Waals surface area contributed by atoms with Gasteiger partial charge in [-0.05, 0) is 5.21 Å². The van der Waals surface area contributed by atoms with Gasteiger partial charge in [-0.15, -0.1) is 15.0 Å². The van der Waals surface area contributed by atoms with E-state index < -0.39 is 0 Å². The van der Waals surface area contributed by atoms with Crippen molar-refractivity contribution in [2.24, 2.45) is 0 Å². The van der Waals surface area contributed by atoms with Crippen LogP contribution in [0.5, 0.6) is 0 Å². The fourth-order valence-electron chi connectivity index (χ4n) is 1.12. The summed E-state index contributed by atoms with van der Waals surface area (Å²) in [5, 5.41) is 11.9. The molecule has 0 unspecified atom stereocenters. The maximum Gasteiger partial charge on any atom is 0.205 e. The molecule has 0 spiro atoms. The first-order valence-corrected chi connectivity index (χ1v) is 4.22. The lowest BCUT2D eigenvalue weighted by atomic mass is 10.2. The first-order chi connectivity index (χ1) is 6.90. The molecule has 0 saturated heterocycles.